The fourth-order valence-electron chi connectivity index (χ4n) is 2.16. The molecule has 2 aromatic rings. The minimum Gasteiger partial charge on any atom is -0.493 e. The van der Waals surface area contributed by atoms with Crippen molar-refractivity contribution in [3.8, 4) is 11.5 Å². The third-order valence-corrected chi connectivity index (χ3v) is 3.84. The lowest BCUT2D eigenvalue weighted by Crippen LogP contribution is -2.07. The SMILES string of the molecule is COc1cc(C)c(C(=O)Cc2ccc(Br)cc2)cc1OC. The molecule has 0 radical (unpaired) electrons. The molecule has 2 aromatic carbocycles. The Morgan fingerprint density at radius 3 is 2.19 bits per heavy atom. The van der Waals surface area contributed by atoms with E-state index in [1.54, 1.807) is 20.3 Å². The number of carbonyl (C=O) groups is 1. The average Bonchev–Trinajstić information content (AvgIpc) is 2.49. The van der Waals surface area contributed by atoms with Crippen LogP contribution in [0, 0.1) is 6.92 Å². The van der Waals surface area contributed by atoms with Crippen molar-refractivity contribution >= 4 is 21.7 Å². The van der Waals surface area contributed by atoms with Gasteiger partial charge in [-0.25, -0.2) is 0 Å². The molecule has 0 saturated carbocycles. The smallest absolute Gasteiger partial charge is 0.167 e. The van der Waals surface area contributed by atoms with Gasteiger partial charge in [-0.05, 0) is 42.3 Å². The molecular weight excluding hydrogens is 332 g/mol. The van der Waals surface area contributed by atoms with E-state index in [2.05, 4.69) is 15.9 Å². The summed E-state index contributed by atoms with van der Waals surface area (Å²) in [6.45, 7) is 1.90. The van der Waals surface area contributed by atoms with E-state index in [0.717, 1.165) is 15.6 Å². The summed E-state index contributed by atoms with van der Waals surface area (Å²) in [7, 11) is 3.15. The number of ether oxygens (including phenoxy) is 2. The number of ketones is 1. The standard InChI is InChI=1S/C17H17BrO3/c1-11-8-16(20-2)17(21-3)10-14(11)15(19)9-12-4-6-13(18)7-5-12/h4-8,10H,9H2,1-3H3. The van der Waals surface area contributed by atoms with Crippen molar-refractivity contribution in [2.75, 3.05) is 14.2 Å². The maximum atomic E-state index is 12.5. The zero-order chi connectivity index (χ0) is 15.4. The summed E-state index contributed by atoms with van der Waals surface area (Å²) in [5, 5.41) is 0. The Hall–Kier alpha value is -1.81. The van der Waals surface area contributed by atoms with Crippen LogP contribution in [0.25, 0.3) is 0 Å². The molecule has 0 fully saturated rings. The van der Waals surface area contributed by atoms with Crippen LogP contribution < -0.4 is 9.47 Å². The van der Waals surface area contributed by atoms with Gasteiger partial charge in [0.15, 0.2) is 17.3 Å². The van der Waals surface area contributed by atoms with Crippen LogP contribution in [0.5, 0.6) is 11.5 Å². The van der Waals surface area contributed by atoms with Crippen molar-refractivity contribution in [1.82, 2.24) is 0 Å². The highest BCUT2D eigenvalue weighted by Crippen LogP contribution is 2.30. The number of rotatable bonds is 5. The van der Waals surface area contributed by atoms with Gasteiger partial charge in [0.05, 0.1) is 14.2 Å². The van der Waals surface area contributed by atoms with E-state index in [1.807, 2.05) is 37.3 Å². The van der Waals surface area contributed by atoms with Crippen LogP contribution in [0.2, 0.25) is 0 Å². The van der Waals surface area contributed by atoms with Crippen LogP contribution in [0.1, 0.15) is 21.5 Å². The number of carbonyl (C=O) groups excluding carboxylic acids is 1. The zero-order valence-corrected chi connectivity index (χ0v) is 13.9. The summed E-state index contributed by atoms with van der Waals surface area (Å²) in [6.07, 6.45) is 0.365. The molecule has 0 aromatic heterocycles. The molecule has 0 aliphatic heterocycles. The van der Waals surface area contributed by atoms with Gasteiger partial charge in [-0.2, -0.15) is 0 Å². The molecule has 0 atom stereocenters. The minimum absolute atomic E-state index is 0.0655. The number of aryl methyl sites for hydroxylation is 1. The monoisotopic (exact) mass is 348 g/mol. The van der Waals surface area contributed by atoms with E-state index in [9.17, 15) is 4.79 Å². The number of halogens is 1. The number of benzene rings is 2. The van der Waals surface area contributed by atoms with E-state index in [1.165, 1.54) is 0 Å². The summed E-state index contributed by atoms with van der Waals surface area (Å²) in [5.74, 6) is 1.27. The van der Waals surface area contributed by atoms with Gasteiger partial charge in [-0.3, -0.25) is 4.79 Å². The molecule has 0 aliphatic rings. The number of Topliss-reactive ketones (excluding diaryl/α,β-unsaturated/α-hetero) is 1. The summed E-state index contributed by atoms with van der Waals surface area (Å²) in [6, 6.07) is 11.3. The van der Waals surface area contributed by atoms with Crippen LogP contribution in [0.15, 0.2) is 40.9 Å². The van der Waals surface area contributed by atoms with Crippen molar-refractivity contribution in [1.29, 1.82) is 0 Å². The highest BCUT2D eigenvalue weighted by molar-refractivity contribution is 9.10. The number of methoxy groups -OCH3 is 2. The molecule has 4 heteroatoms. The Morgan fingerprint density at radius 1 is 1.05 bits per heavy atom. The van der Waals surface area contributed by atoms with Gasteiger partial charge in [0.2, 0.25) is 0 Å². The normalized spacial score (nSPS) is 10.3. The summed E-state index contributed by atoms with van der Waals surface area (Å²) < 4.78 is 11.5. The van der Waals surface area contributed by atoms with Gasteiger partial charge in [-0.1, -0.05) is 28.1 Å². The quantitative estimate of drug-likeness (QED) is 0.759. The molecule has 21 heavy (non-hydrogen) atoms. The molecule has 0 aliphatic carbocycles. The van der Waals surface area contributed by atoms with Crippen LogP contribution in [0.4, 0.5) is 0 Å². The maximum absolute atomic E-state index is 12.5. The van der Waals surface area contributed by atoms with Crippen molar-refractivity contribution in [2.24, 2.45) is 0 Å². The van der Waals surface area contributed by atoms with E-state index in [0.29, 0.717) is 23.5 Å². The van der Waals surface area contributed by atoms with E-state index in [-0.39, 0.29) is 5.78 Å². The Kier molecular flexibility index (Phi) is 5.02. The van der Waals surface area contributed by atoms with E-state index >= 15 is 0 Å². The first-order valence-corrected chi connectivity index (χ1v) is 7.34. The van der Waals surface area contributed by atoms with Gasteiger partial charge in [0, 0.05) is 16.5 Å². The van der Waals surface area contributed by atoms with E-state index in [4.69, 9.17) is 9.47 Å². The van der Waals surface area contributed by atoms with E-state index < -0.39 is 0 Å². The molecule has 3 nitrogen and oxygen atoms in total. The summed E-state index contributed by atoms with van der Waals surface area (Å²) in [4.78, 5) is 12.5. The fourth-order valence-corrected chi connectivity index (χ4v) is 2.43. The molecule has 2 rings (SSSR count). The largest absolute Gasteiger partial charge is 0.493 e. The lowest BCUT2D eigenvalue weighted by atomic mass is 9.98. The second-order valence-corrected chi connectivity index (χ2v) is 5.66. The Labute approximate surface area is 133 Å². The average molecular weight is 349 g/mol. The lowest BCUT2D eigenvalue weighted by Gasteiger charge is -2.12. The van der Waals surface area contributed by atoms with Gasteiger partial charge in [0.25, 0.3) is 0 Å². The molecule has 0 amide bonds. The highest BCUT2D eigenvalue weighted by Gasteiger charge is 2.15. The maximum Gasteiger partial charge on any atom is 0.167 e. The van der Waals surface area contributed by atoms with Crippen molar-refractivity contribution in [3.63, 3.8) is 0 Å². The number of hydrogen-bond donors (Lipinski definition) is 0. The van der Waals surface area contributed by atoms with Crippen LogP contribution in [-0.2, 0) is 6.42 Å². The molecule has 0 N–H and O–H groups in total. The summed E-state index contributed by atoms with van der Waals surface area (Å²) >= 11 is 3.39. The third-order valence-electron chi connectivity index (χ3n) is 3.31. The molecule has 0 bridgehead atoms. The molecule has 0 spiro atoms. The minimum atomic E-state index is 0.0655. The van der Waals surface area contributed by atoms with Crippen LogP contribution in [-0.4, -0.2) is 20.0 Å². The lowest BCUT2D eigenvalue weighted by molar-refractivity contribution is 0.0992. The first-order valence-electron chi connectivity index (χ1n) is 6.55. The van der Waals surface area contributed by atoms with Crippen molar-refractivity contribution in [3.05, 3.63) is 57.6 Å². The fraction of sp³-hybridized carbons (Fsp3) is 0.235. The second-order valence-electron chi connectivity index (χ2n) is 4.75. The first-order chi connectivity index (χ1) is 10.0. The zero-order valence-electron chi connectivity index (χ0n) is 12.3. The molecule has 0 saturated heterocycles. The summed E-state index contributed by atoms with van der Waals surface area (Å²) in [5.41, 5.74) is 2.53. The van der Waals surface area contributed by atoms with Gasteiger partial charge < -0.3 is 9.47 Å². The second kappa shape index (κ2) is 6.76. The predicted molar refractivity (Wildman–Crippen MR) is 86.5 cm³/mol. The topological polar surface area (TPSA) is 35.5 Å². The van der Waals surface area contributed by atoms with Gasteiger partial charge in [0.1, 0.15) is 0 Å². The number of hydrogen-bond acceptors (Lipinski definition) is 3. The van der Waals surface area contributed by atoms with Gasteiger partial charge in [-0.15, -0.1) is 0 Å². The Balaban J connectivity index is 2.28. The van der Waals surface area contributed by atoms with Crippen molar-refractivity contribution < 1.29 is 14.3 Å². The van der Waals surface area contributed by atoms with Crippen LogP contribution >= 0.6 is 15.9 Å². The third kappa shape index (κ3) is 3.64. The first kappa shape index (κ1) is 15.6. The predicted octanol–water partition coefficient (Wildman–Crippen LogP) is 4.20. The Morgan fingerprint density at radius 2 is 1.62 bits per heavy atom. The van der Waals surface area contributed by atoms with Crippen molar-refractivity contribution in [2.45, 2.75) is 13.3 Å². The molecular formula is C17H17BrO3. The van der Waals surface area contributed by atoms with Crippen LogP contribution in [0.3, 0.4) is 0 Å². The highest BCUT2D eigenvalue weighted by atomic mass is 79.9. The molecule has 110 valence electrons. The van der Waals surface area contributed by atoms with Gasteiger partial charge >= 0.3 is 0 Å². The molecule has 0 heterocycles. The molecule has 0 unspecified atom stereocenters. The Bertz CT molecular complexity index is 648.